The minimum Gasteiger partial charge on any atom is -0.462 e. The number of carbonyl (C=O) groups excluding carboxylic acids is 2. The largest absolute Gasteiger partial charge is 0.509 e. The third kappa shape index (κ3) is 2.52. The van der Waals surface area contributed by atoms with Crippen LogP contribution >= 0.6 is 0 Å². The Morgan fingerprint density at radius 1 is 1.61 bits per heavy atom. The molecular formula is C16H16N6O6. The Morgan fingerprint density at radius 2 is 2.39 bits per heavy atom. The first-order chi connectivity index (χ1) is 13.8. The first-order valence-electron chi connectivity index (χ1n) is 8.76. The lowest BCUT2D eigenvalue weighted by molar-refractivity contribution is -0.152. The molecule has 0 bridgehead atoms. The minimum atomic E-state index is -1.88. The van der Waals surface area contributed by atoms with E-state index in [0.29, 0.717) is 0 Å². The summed E-state index contributed by atoms with van der Waals surface area (Å²) < 4.78 is 30.7. The fourth-order valence-electron chi connectivity index (χ4n) is 3.25. The maximum Gasteiger partial charge on any atom is 0.509 e. The molecule has 28 heavy (non-hydrogen) atoms. The van der Waals surface area contributed by atoms with Gasteiger partial charge in [0.2, 0.25) is 5.60 Å². The van der Waals surface area contributed by atoms with Gasteiger partial charge in [0, 0.05) is 0 Å². The lowest BCUT2D eigenvalue weighted by Crippen LogP contribution is -2.39. The molecule has 0 saturated carbocycles. The van der Waals surface area contributed by atoms with Crippen LogP contribution in [0.4, 0.5) is 10.6 Å². The lowest BCUT2D eigenvalue weighted by atomic mass is 9.92. The fourth-order valence-corrected chi connectivity index (χ4v) is 3.25. The zero-order chi connectivity index (χ0) is 20.9. The number of hydrogen-bond donors (Lipinski definition) is 2. The van der Waals surface area contributed by atoms with Gasteiger partial charge < -0.3 is 30.4 Å². The molecule has 12 nitrogen and oxygen atoms in total. The van der Waals surface area contributed by atoms with E-state index < -0.39 is 42.1 Å². The number of nitrogen functional groups attached to an aromatic ring is 1. The number of esters is 1. The molecule has 2 aliphatic rings. The third-order valence-electron chi connectivity index (χ3n) is 4.56. The first kappa shape index (κ1) is 16.7. The molecular weight excluding hydrogens is 372 g/mol. The Balaban J connectivity index is 1.77. The van der Waals surface area contributed by atoms with Gasteiger partial charge in [0.05, 0.1) is 7.06 Å². The van der Waals surface area contributed by atoms with Gasteiger partial charge in [0.15, 0.2) is 18.0 Å². The summed E-state index contributed by atoms with van der Waals surface area (Å²) in [5.41, 5.74) is 9.67. The average molecular weight is 389 g/mol. The van der Waals surface area contributed by atoms with Crippen LogP contribution in [0.3, 0.4) is 0 Å². The molecule has 0 aliphatic carbocycles. The summed E-state index contributed by atoms with van der Waals surface area (Å²) in [6.45, 7) is 1.13. The van der Waals surface area contributed by atoms with Gasteiger partial charge in [-0.15, -0.1) is 0 Å². The monoisotopic (exact) mass is 389 g/mol. The maximum atomic E-state index is 11.8. The number of hydrogen-bond acceptors (Lipinski definition) is 11. The molecule has 146 valence electrons. The highest BCUT2D eigenvalue weighted by Gasteiger charge is 2.65. The Hall–Kier alpha value is -3.43. The standard InChI is InChI=1S/C16H16N6O6/c1-7(18)14(23)25-4-9-11-12(27-15(24)26-11)16(5-17,28-9)10-3-2-8-13(19)20-6-21-22(8)10/h2-3,6-7,9,11-12H,4,18H2,1H3,(H2,19,20,21)/t7?,9-,11-,12-,16+/m1/s1/i2D. The van der Waals surface area contributed by atoms with Crippen LogP contribution in [0.2, 0.25) is 0 Å². The van der Waals surface area contributed by atoms with Crippen LogP contribution in [0, 0.1) is 11.3 Å². The number of nitrogens with zero attached hydrogens (tertiary/aromatic N) is 4. The van der Waals surface area contributed by atoms with Crippen LogP contribution in [0.1, 0.15) is 14.0 Å². The molecule has 4 heterocycles. The van der Waals surface area contributed by atoms with Gasteiger partial charge in [-0.25, -0.2) is 14.3 Å². The second-order valence-electron chi connectivity index (χ2n) is 6.37. The van der Waals surface area contributed by atoms with E-state index in [-0.39, 0.29) is 29.7 Å². The number of nitriles is 1. The number of carbonyl (C=O) groups is 2. The molecule has 2 aromatic heterocycles. The molecule has 4 N–H and O–H groups in total. The van der Waals surface area contributed by atoms with Crippen molar-refractivity contribution in [2.75, 3.05) is 12.3 Å². The SMILES string of the molecule is [2H]c1cc([C@]2(C#N)O[C@H](COC(=O)C(C)N)[C@H]3OC(=O)O[C@H]32)n2ncnc(N)c12. The van der Waals surface area contributed by atoms with Crippen molar-refractivity contribution < 1.29 is 29.9 Å². The molecule has 5 atom stereocenters. The normalized spacial score (nSPS) is 30.1. The van der Waals surface area contributed by atoms with Crippen LogP contribution in [-0.2, 0) is 29.3 Å². The van der Waals surface area contributed by atoms with Gasteiger partial charge in [-0.2, -0.15) is 10.4 Å². The summed E-state index contributed by atoms with van der Waals surface area (Å²) >= 11 is 0. The topological polar surface area (TPSA) is 177 Å². The van der Waals surface area contributed by atoms with Crippen molar-refractivity contribution in [1.82, 2.24) is 14.6 Å². The predicted octanol–water partition coefficient (Wildman–Crippen LogP) is -0.776. The maximum absolute atomic E-state index is 11.8. The number of rotatable bonds is 4. The van der Waals surface area contributed by atoms with Crippen LogP contribution in [0.5, 0.6) is 0 Å². The van der Waals surface area contributed by atoms with Crippen molar-refractivity contribution in [3.8, 4) is 6.07 Å². The van der Waals surface area contributed by atoms with Crippen molar-refractivity contribution in [3.05, 3.63) is 24.1 Å². The number of aromatic nitrogens is 3. The zero-order valence-corrected chi connectivity index (χ0v) is 14.6. The van der Waals surface area contributed by atoms with Gasteiger partial charge >= 0.3 is 12.1 Å². The molecule has 0 amide bonds. The molecule has 2 fully saturated rings. The molecule has 2 aliphatic heterocycles. The van der Waals surface area contributed by atoms with E-state index in [4.69, 9.17) is 31.8 Å². The third-order valence-corrected chi connectivity index (χ3v) is 4.56. The van der Waals surface area contributed by atoms with Crippen molar-refractivity contribution >= 4 is 23.5 Å². The molecule has 1 unspecified atom stereocenters. The van der Waals surface area contributed by atoms with Crippen LogP contribution in [0.15, 0.2) is 18.4 Å². The van der Waals surface area contributed by atoms with Crippen molar-refractivity contribution in [2.45, 2.75) is 36.9 Å². The number of fused-ring (bicyclic) bond motifs is 2. The summed E-state index contributed by atoms with van der Waals surface area (Å²) in [4.78, 5) is 27.3. The van der Waals surface area contributed by atoms with Crippen LogP contribution < -0.4 is 11.5 Å². The Morgan fingerprint density at radius 3 is 3.11 bits per heavy atom. The smallest absolute Gasteiger partial charge is 0.462 e. The van der Waals surface area contributed by atoms with Crippen LogP contribution in [-0.4, -0.2) is 57.7 Å². The van der Waals surface area contributed by atoms with Crippen molar-refractivity contribution in [2.24, 2.45) is 5.73 Å². The first-order valence-corrected chi connectivity index (χ1v) is 8.26. The van der Waals surface area contributed by atoms with E-state index >= 15 is 0 Å². The average Bonchev–Trinajstić information content (AvgIpc) is 3.31. The summed E-state index contributed by atoms with van der Waals surface area (Å²) in [6.07, 6.45) is -3.06. The highest BCUT2D eigenvalue weighted by molar-refractivity contribution is 5.75. The van der Waals surface area contributed by atoms with Crippen molar-refractivity contribution in [3.63, 3.8) is 0 Å². The van der Waals surface area contributed by atoms with Gasteiger partial charge in [0.25, 0.3) is 0 Å². The van der Waals surface area contributed by atoms with E-state index in [1.165, 1.54) is 17.5 Å². The summed E-state index contributed by atoms with van der Waals surface area (Å²) in [5.74, 6) is -0.659. The van der Waals surface area contributed by atoms with Gasteiger partial charge in [-0.1, -0.05) is 0 Å². The second kappa shape index (κ2) is 6.32. The molecule has 4 rings (SSSR count). The van der Waals surface area contributed by atoms with Gasteiger partial charge in [0.1, 0.15) is 36.7 Å². The Kier molecular flexibility index (Phi) is 3.78. The predicted molar refractivity (Wildman–Crippen MR) is 89.3 cm³/mol. The number of anilines is 1. The fraction of sp³-hybridized carbons (Fsp3) is 0.438. The van der Waals surface area contributed by atoms with Crippen molar-refractivity contribution in [1.29, 1.82) is 5.26 Å². The quantitative estimate of drug-likeness (QED) is 0.627. The molecule has 0 aromatic carbocycles. The van der Waals surface area contributed by atoms with E-state index in [2.05, 4.69) is 10.1 Å². The summed E-state index contributed by atoms with van der Waals surface area (Å²) in [6, 6.07) is 2.41. The Labute approximate surface area is 159 Å². The summed E-state index contributed by atoms with van der Waals surface area (Å²) in [7, 11) is 0. The highest BCUT2D eigenvalue weighted by atomic mass is 16.8. The van der Waals surface area contributed by atoms with E-state index in [0.717, 1.165) is 6.33 Å². The minimum absolute atomic E-state index is 0.0287. The highest BCUT2D eigenvalue weighted by Crippen LogP contribution is 2.46. The number of nitrogens with two attached hydrogens (primary N) is 2. The molecule has 12 heteroatoms. The second-order valence-corrected chi connectivity index (χ2v) is 6.37. The lowest BCUT2D eigenvalue weighted by Gasteiger charge is -2.24. The van der Waals surface area contributed by atoms with E-state index in [1.54, 1.807) is 0 Å². The zero-order valence-electron chi connectivity index (χ0n) is 15.6. The van der Waals surface area contributed by atoms with Gasteiger partial charge in [-0.05, 0) is 19.0 Å². The Bertz CT molecular complexity index is 1050. The van der Waals surface area contributed by atoms with Gasteiger partial charge in [-0.3, -0.25) is 4.79 Å². The summed E-state index contributed by atoms with van der Waals surface area (Å²) in [5, 5.41) is 14.1. The number of ether oxygens (including phenoxy) is 4. The molecule has 2 aromatic rings. The van der Waals surface area contributed by atoms with E-state index in [9.17, 15) is 14.9 Å². The van der Waals surface area contributed by atoms with E-state index in [1.807, 2.05) is 6.07 Å². The van der Waals surface area contributed by atoms with Crippen LogP contribution in [0.25, 0.3) is 5.52 Å². The molecule has 0 spiro atoms. The molecule has 0 radical (unpaired) electrons. The molecule has 2 saturated heterocycles.